The first-order chi connectivity index (χ1) is 8.25. The van der Waals surface area contributed by atoms with Gasteiger partial charge in [0.05, 0.1) is 0 Å². The highest BCUT2D eigenvalue weighted by Gasteiger charge is 2.09. The number of H-pyrrole nitrogens is 1. The monoisotopic (exact) mass is 254 g/mol. The smallest absolute Gasteiger partial charge is 0.288 e. The zero-order valence-electron chi connectivity index (χ0n) is 8.99. The third-order valence-corrected chi connectivity index (χ3v) is 3.04. The Morgan fingerprint density at radius 1 is 1.24 bits per heavy atom. The minimum atomic E-state index is -2.40. The number of para-hydroxylation sites is 1. The molecular formula is C12H12F2N2S. The number of anilines is 1. The van der Waals surface area contributed by atoms with Gasteiger partial charge < -0.3 is 10.3 Å². The number of nitrogens with one attached hydrogen (secondary N) is 2. The van der Waals surface area contributed by atoms with Gasteiger partial charge in [0.25, 0.3) is 5.76 Å². The van der Waals surface area contributed by atoms with Crippen molar-refractivity contribution in [1.82, 2.24) is 4.98 Å². The van der Waals surface area contributed by atoms with E-state index < -0.39 is 5.76 Å². The average molecular weight is 254 g/mol. The molecule has 0 spiro atoms. The fourth-order valence-electron chi connectivity index (χ4n) is 1.48. The van der Waals surface area contributed by atoms with Crippen LogP contribution in [0.3, 0.4) is 0 Å². The number of benzene rings is 1. The summed E-state index contributed by atoms with van der Waals surface area (Å²) in [6, 6.07) is 9.02. The zero-order chi connectivity index (χ0) is 12.1. The maximum absolute atomic E-state index is 12.3. The van der Waals surface area contributed by atoms with Gasteiger partial charge in [0.15, 0.2) is 0 Å². The van der Waals surface area contributed by atoms with E-state index in [-0.39, 0.29) is 0 Å². The Kier molecular flexibility index (Phi) is 4.03. The van der Waals surface area contributed by atoms with Crippen LogP contribution in [0, 0.1) is 0 Å². The Morgan fingerprint density at radius 2 is 2.06 bits per heavy atom. The maximum Gasteiger partial charge on any atom is 0.288 e. The third-order valence-electron chi connectivity index (χ3n) is 2.25. The number of rotatable bonds is 5. The largest absolute Gasteiger partial charge is 0.380 e. The zero-order valence-corrected chi connectivity index (χ0v) is 9.81. The Bertz CT molecular complexity index is 457. The van der Waals surface area contributed by atoms with E-state index in [4.69, 9.17) is 0 Å². The second-order valence-corrected chi connectivity index (χ2v) is 4.48. The van der Waals surface area contributed by atoms with Crippen molar-refractivity contribution in [1.29, 1.82) is 0 Å². The lowest BCUT2D eigenvalue weighted by Crippen LogP contribution is -1.99. The number of aromatic amines is 1. The lowest BCUT2D eigenvalue weighted by Gasteiger charge is -2.10. The SMILES string of the molecule is FC(F)Sc1ccccc1NCc1cc[nH]c1. The second-order valence-electron chi connectivity index (χ2n) is 3.45. The molecule has 0 aliphatic rings. The molecule has 0 radical (unpaired) electrons. The molecule has 0 atom stereocenters. The third kappa shape index (κ3) is 3.49. The standard InChI is InChI=1S/C12H12F2N2S/c13-12(14)17-11-4-2-1-3-10(11)16-8-9-5-6-15-7-9/h1-7,12,15-16H,8H2. The van der Waals surface area contributed by atoms with Crippen molar-refractivity contribution in [3.8, 4) is 0 Å². The van der Waals surface area contributed by atoms with Crippen LogP contribution in [0.1, 0.15) is 5.56 Å². The topological polar surface area (TPSA) is 27.8 Å². The van der Waals surface area contributed by atoms with Crippen LogP contribution in [0.5, 0.6) is 0 Å². The van der Waals surface area contributed by atoms with Crippen molar-refractivity contribution in [3.05, 3.63) is 48.3 Å². The van der Waals surface area contributed by atoms with E-state index >= 15 is 0 Å². The van der Waals surface area contributed by atoms with Gasteiger partial charge in [-0.25, -0.2) is 0 Å². The normalized spacial score (nSPS) is 10.8. The van der Waals surface area contributed by atoms with E-state index in [2.05, 4.69) is 10.3 Å². The van der Waals surface area contributed by atoms with Crippen molar-refractivity contribution in [2.45, 2.75) is 17.2 Å². The van der Waals surface area contributed by atoms with Gasteiger partial charge in [-0.3, -0.25) is 0 Å². The van der Waals surface area contributed by atoms with Gasteiger partial charge in [-0.05, 0) is 23.8 Å². The summed E-state index contributed by atoms with van der Waals surface area (Å²) in [5, 5.41) is 3.15. The molecule has 0 unspecified atom stereocenters. The number of thioether (sulfide) groups is 1. The van der Waals surface area contributed by atoms with Gasteiger partial charge >= 0.3 is 0 Å². The Balaban J connectivity index is 2.04. The Morgan fingerprint density at radius 3 is 2.76 bits per heavy atom. The molecule has 0 aliphatic carbocycles. The highest BCUT2D eigenvalue weighted by atomic mass is 32.2. The lowest BCUT2D eigenvalue weighted by molar-refractivity contribution is 0.252. The molecule has 0 saturated heterocycles. The van der Waals surface area contributed by atoms with Crippen LogP contribution in [0.25, 0.3) is 0 Å². The predicted molar refractivity (Wildman–Crippen MR) is 66.4 cm³/mol. The van der Waals surface area contributed by atoms with E-state index in [1.165, 1.54) is 0 Å². The van der Waals surface area contributed by atoms with Gasteiger partial charge in [0.1, 0.15) is 0 Å². The summed E-state index contributed by atoms with van der Waals surface area (Å²) in [4.78, 5) is 3.52. The van der Waals surface area contributed by atoms with Gasteiger partial charge in [0.2, 0.25) is 0 Å². The summed E-state index contributed by atoms with van der Waals surface area (Å²) >= 11 is 0.559. The van der Waals surface area contributed by atoms with E-state index in [9.17, 15) is 8.78 Å². The highest BCUT2D eigenvalue weighted by Crippen LogP contribution is 2.31. The van der Waals surface area contributed by atoms with E-state index in [1.807, 2.05) is 24.5 Å². The van der Waals surface area contributed by atoms with Crippen LogP contribution < -0.4 is 5.32 Å². The molecule has 0 bridgehead atoms. The van der Waals surface area contributed by atoms with Gasteiger partial charge in [-0.15, -0.1) is 0 Å². The molecule has 5 heteroatoms. The van der Waals surface area contributed by atoms with Gasteiger partial charge in [-0.2, -0.15) is 8.78 Å². The van der Waals surface area contributed by atoms with Crippen molar-refractivity contribution in [3.63, 3.8) is 0 Å². The minimum Gasteiger partial charge on any atom is -0.380 e. The molecule has 1 heterocycles. The lowest BCUT2D eigenvalue weighted by atomic mass is 10.3. The van der Waals surface area contributed by atoms with Gasteiger partial charge in [-0.1, -0.05) is 23.9 Å². The molecule has 2 nitrogen and oxygen atoms in total. The first-order valence-electron chi connectivity index (χ1n) is 5.15. The average Bonchev–Trinajstić information content (AvgIpc) is 2.80. The fourth-order valence-corrected chi connectivity index (χ4v) is 2.09. The molecule has 0 aliphatic heterocycles. The minimum absolute atomic E-state index is 0.559. The summed E-state index contributed by atoms with van der Waals surface area (Å²) in [6.45, 7) is 0.615. The van der Waals surface area contributed by atoms with E-state index in [0.717, 1.165) is 11.3 Å². The highest BCUT2D eigenvalue weighted by molar-refractivity contribution is 7.99. The molecule has 1 aromatic carbocycles. The van der Waals surface area contributed by atoms with Crippen LogP contribution >= 0.6 is 11.8 Å². The Hall–Kier alpha value is -1.49. The Labute approximate surface area is 102 Å². The molecule has 90 valence electrons. The molecule has 2 rings (SSSR count). The summed E-state index contributed by atoms with van der Waals surface area (Å²) in [5.41, 5.74) is 1.82. The second kappa shape index (κ2) is 5.72. The number of hydrogen-bond acceptors (Lipinski definition) is 2. The number of hydrogen-bond donors (Lipinski definition) is 2. The molecule has 1 aromatic heterocycles. The summed E-state index contributed by atoms with van der Waals surface area (Å²) in [5.74, 6) is -2.40. The number of alkyl halides is 2. The summed E-state index contributed by atoms with van der Waals surface area (Å²) < 4.78 is 24.7. The fraction of sp³-hybridized carbons (Fsp3) is 0.167. The first-order valence-corrected chi connectivity index (χ1v) is 6.03. The number of aromatic nitrogens is 1. The van der Waals surface area contributed by atoms with E-state index in [1.54, 1.807) is 18.2 Å². The van der Waals surface area contributed by atoms with E-state index in [0.29, 0.717) is 23.2 Å². The molecular weight excluding hydrogens is 242 g/mol. The quantitative estimate of drug-likeness (QED) is 0.791. The molecule has 0 amide bonds. The molecule has 2 aromatic rings. The van der Waals surface area contributed by atoms with Crippen LogP contribution in [-0.2, 0) is 6.54 Å². The van der Waals surface area contributed by atoms with Crippen LogP contribution in [0.2, 0.25) is 0 Å². The predicted octanol–water partition coefficient (Wildman–Crippen LogP) is 3.94. The van der Waals surface area contributed by atoms with Crippen molar-refractivity contribution in [2.24, 2.45) is 0 Å². The molecule has 0 fully saturated rings. The molecule has 0 saturated carbocycles. The summed E-state index contributed by atoms with van der Waals surface area (Å²) in [7, 11) is 0. The van der Waals surface area contributed by atoms with Crippen molar-refractivity contribution >= 4 is 17.4 Å². The van der Waals surface area contributed by atoms with Crippen LogP contribution in [0.4, 0.5) is 14.5 Å². The summed E-state index contributed by atoms with van der Waals surface area (Å²) in [6.07, 6.45) is 3.70. The van der Waals surface area contributed by atoms with Crippen molar-refractivity contribution < 1.29 is 8.78 Å². The van der Waals surface area contributed by atoms with Crippen LogP contribution in [-0.4, -0.2) is 10.7 Å². The maximum atomic E-state index is 12.3. The van der Waals surface area contributed by atoms with Crippen LogP contribution in [0.15, 0.2) is 47.6 Å². The number of halogens is 2. The first kappa shape index (κ1) is 12.0. The molecule has 2 N–H and O–H groups in total. The molecule has 17 heavy (non-hydrogen) atoms. The van der Waals surface area contributed by atoms with Crippen molar-refractivity contribution in [2.75, 3.05) is 5.32 Å². The van der Waals surface area contributed by atoms with Gasteiger partial charge in [0, 0.05) is 29.5 Å².